The summed E-state index contributed by atoms with van der Waals surface area (Å²) in [5, 5.41) is 6.86. The molecule has 0 atom stereocenters. The highest BCUT2D eigenvalue weighted by Crippen LogP contribution is 2.12. The number of amides is 1. The van der Waals surface area contributed by atoms with E-state index in [1.54, 1.807) is 29.3 Å². The topological polar surface area (TPSA) is 59.8 Å². The van der Waals surface area contributed by atoms with Gasteiger partial charge in [-0.2, -0.15) is 5.10 Å². The summed E-state index contributed by atoms with van der Waals surface area (Å²) in [6, 6.07) is 1.72. The van der Waals surface area contributed by atoms with Crippen LogP contribution in [0.4, 0.5) is 5.69 Å². The zero-order chi connectivity index (χ0) is 13.8. The summed E-state index contributed by atoms with van der Waals surface area (Å²) >= 11 is 0. The molecule has 0 aliphatic rings. The van der Waals surface area contributed by atoms with Gasteiger partial charge in [0, 0.05) is 26.4 Å². The lowest BCUT2D eigenvalue weighted by Gasteiger charge is -2.03. The molecule has 1 N–H and O–H groups in total. The van der Waals surface area contributed by atoms with E-state index in [9.17, 15) is 4.79 Å². The first-order valence-electron chi connectivity index (χ1n) is 5.80. The Morgan fingerprint density at radius 1 is 1.32 bits per heavy atom. The van der Waals surface area contributed by atoms with Crippen molar-refractivity contribution < 1.29 is 4.79 Å². The highest BCUT2D eigenvalue weighted by molar-refractivity contribution is 5.90. The maximum atomic E-state index is 11.1. The molecule has 0 radical (unpaired) electrons. The fourth-order valence-electron chi connectivity index (χ4n) is 1.55. The van der Waals surface area contributed by atoms with Crippen LogP contribution >= 0.6 is 0 Å². The van der Waals surface area contributed by atoms with E-state index in [1.165, 1.54) is 6.92 Å². The Bertz CT molecular complexity index is 676. The Morgan fingerprint density at radius 2 is 2.05 bits per heavy atom. The van der Waals surface area contributed by atoms with Gasteiger partial charge < -0.3 is 5.32 Å². The monoisotopic (exact) mass is 254 g/mol. The molecule has 0 saturated heterocycles. The number of pyridine rings is 1. The molecule has 0 aromatic carbocycles. The highest BCUT2D eigenvalue weighted by atomic mass is 16.1. The molecule has 0 saturated carbocycles. The molecule has 5 nitrogen and oxygen atoms in total. The minimum atomic E-state index is -0.133. The van der Waals surface area contributed by atoms with E-state index in [4.69, 9.17) is 0 Å². The Hall–Kier alpha value is -2.61. The largest absolute Gasteiger partial charge is 0.325 e. The number of hydrogen-bond donors (Lipinski definition) is 1. The van der Waals surface area contributed by atoms with Gasteiger partial charge in [-0.25, -0.2) is 0 Å². The molecule has 0 unspecified atom stereocenters. The number of carbonyl (C=O) groups is 1. The molecule has 2 rings (SSSR count). The van der Waals surface area contributed by atoms with Crippen molar-refractivity contribution >= 4 is 11.6 Å². The van der Waals surface area contributed by atoms with Gasteiger partial charge in [-0.1, -0.05) is 11.8 Å². The lowest BCUT2D eigenvalue weighted by Crippen LogP contribution is -2.07. The lowest BCUT2D eigenvalue weighted by molar-refractivity contribution is -0.114. The number of nitrogens with zero attached hydrogens (tertiary/aromatic N) is 3. The van der Waals surface area contributed by atoms with Crippen molar-refractivity contribution in [3.05, 3.63) is 41.5 Å². The molecule has 2 aromatic heterocycles. The van der Waals surface area contributed by atoms with Gasteiger partial charge in [0.2, 0.25) is 5.91 Å². The molecule has 0 bridgehead atoms. The molecule has 19 heavy (non-hydrogen) atoms. The first-order chi connectivity index (χ1) is 9.08. The van der Waals surface area contributed by atoms with Crippen LogP contribution in [0.5, 0.6) is 0 Å². The molecule has 0 aliphatic heterocycles. The molecular weight excluding hydrogens is 240 g/mol. The van der Waals surface area contributed by atoms with Crippen molar-refractivity contribution in [3.8, 4) is 11.8 Å². The lowest BCUT2D eigenvalue weighted by atomic mass is 10.2. The maximum absolute atomic E-state index is 11.1. The summed E-state index contributed by atoms with van der Waals surface area (Å²) in [5.41, 5.74) is 3.20. The number of carbonyl (C=O) groups excluding carboxylic acids is 1. The fraction of sp³-hybridized carbons (Fsp3) is 0.214. The third-order valence-corrected chi connectivity index (χ3v) is 2.70. The molecular formula is C14H14N4O. The normalized spacial score (nSPS) is 9.63. The Balaban J connectivity index is 2.34. The van der Waals surface area contributed by atoms with Gasteiger partial charge in [0.25, 0.3) is 0 Å². The number of rotatable bonds is 1. The van der Waals surface area contributed by atoms with Crippen LogP contribution in [0.25, 0.3) is 0 Å². The molecule has 2 aromatic rings. The maximum Gasteiger partial charge on any atom is 0.221 e. The van der Waals surface area contributed by atoms with Crippen molar-refractivity contribution in [2.75, 3.05) is 5.32 Å². The van der Waals surface area contributed by atoms with Gasteiger partial charge in [-0.15, -0.1) is 0 Å². The summed E-state index contributed by atoms with van der Waals surface area (Å²) in [6.07, 6.45) is 4.96. The van der Waals surface area contributed by atoms with Crippen LogP contribution in [-0.4, -0.2) is 20.7 Å². The summed E-state index contributed by atoms with van der Waals surface area (Å²) in [5.74, 6) is 5.91. The second kappa shape index (κ2) is 5.36. The van der Waals surface area contributed by atoms with E-state index < -0.39 is 0 Å². The van der Waals surface area contributed by atoms with E-state index in [-0.39, 0.29) is 5.91 Å². The molecule has 1 amide bonds. The third-order valence-electron chi connectivity index (χ3n) is 2.70. The van der Waals surface area contributed by atoms with E-state index in [0.29, 0.717) is 11.3 Å². The standard InChI is InChI=1S/C14H14N4O/c1-10-12(9-16-18(10)3)4-5-13-8-15-7-6-14(13)17-11(2)19/h6-9H,1-3H3,(H,15,17,19). The summed E-state index contributed by atoms with van der Waals surface area (Å²) < 4.78 is 1.77. The third kappa shape index (κ3) is 2.99. The second-order valence-electron chi connectivity index (χ2n) is 4.12. The van der Waals surface area contributed by atoms with Crippen LogP contribution in [0.2, 0.25) is 0 Å². The number of anilines is 1. The van der Waals surface area contributed by atoms with Crippen LogP contribution in [-0.2, 0) is 11.8 Å². The fourth-order valence-corrected chi connectivity index (χ4v) is 1.55. The minimum absolute atomic E-state index is 0.133. The van der Waals surface area contributed by atoms with E-state index >= 15 is 0 Å². The zero-order valence-corrected chi connectivity index (χ0v) is 11.1. The predicted octanol–water partition coefficient (Wildman–Crippen LogP) is 1.48. The van der Waals surface area contributed by atoms with Gasteiger partial charge in [0.15, 0.2) is 0 Å². The summed E-state index contributed by atoms with van der Waals surface area (Å²) in [7, 11) is 1.87. The Morgan fingerprint density at radius 3 is 2.68 bits per heavy atom. The van der Waals surface area contributed by atoms with Crippen molar-refractivity contribution in [3.63, 3.8) is 0 Å². The number of aromatic nitrogens is 3. The average molecular weight is 254 g/mol. The summed E-state index contributed by atoms with van der Waals surface area (Å²) in [4.78, 5) is 15.1. The molecule has 5 heteroatoms. The van der Waals surface area contributed by atoms with Crippen molar-refractivity contribution in [1.82, 2.24) is 14.8 Å². The minimum Gasteiger partial charge on any atom is -0.325 e. The molecule has 96 valence electrons. The highest BCUT2D eigenvalue weighted by Gasteiger charge is 2.02. The van der Waals surface area contributed by atoms with Crippen molar-refractivity contribution in [1.29, 1.82) is 0 Å². The van der Waals surface area contributed by atoms with Crippen molar-refractivity contribution in [2.24, 2.45) is 7.05 Å². The predicted molar refractivity (Wildman–Crippen MR) is 72.5 cm³/mol. The first-order valence-corrected chi connectivity index (χ1v) is 5.80. The van der Waals surface area contributed by atoms with Crippen molar-refractivity contribution in [2.45, 2.75) is 13.8 Å². The van der Waals surface area contributed by atoms with Crippen LogP contribution in [0.15, 0.2) is 24.7 Å². The number of nitrogens with one attached hydrogen (secondary N) is 1. The smallest absolute Gasteiger partial charge is 0.221 e. The van der Waals surface area contributed by atoms with Gasteiger partial charge in [0.05, 0.1) is 28.7 Å². The van der Waals surface area contributed by atoms with Gasteiger partial charge in [-0.05, 0) is 13.0 Å². The zero-order valence-electron chi connectivity index (χ0n) is 11.1. The first kappa shape index (κ1) is 12.8. The van der Waals surface area contributed by atoms with Gasteiger partial charge >= 0.3 is 0 Å². The quantitative estimate of drug-likeness (QED) is 0.784. The second-order valence-corrected chi connectivity index (χ2v) is 4.12. The molecule has 2 heterocycles. The molecule has 0 aliphatic carbocycles. The summed E-state index contributed by atoms with van der Waals surface area (Å²) in [6.45, 7) is 3.41. The van der Waals surface area contributed by atoms with Crippen LogP contribution in [0, 0.1) is 18.8 Å². The van der Waals surface area contributed by atoms with Crippen LogP contribution in [0.3, 0.4) is 0 Å². The van der Waals surface area contributed by atoms with E-state index in [0.717, 1.165) is 11.3 Å². The number of aryl methyl sites for hydroxylation is 1. The molecule has 0 fully saturated rings. The Kier molecular flexibility index (Phi) is 3.62. The van der Waals surface area contributed by atoms with Crippen LogP contribution in [0.1, 0.15) is 23.7 Å². The van der Waals surface area contributed by atoms with E-state index in [2.05, 4.69) is 27.2 Å². The van der Waals surface area contributed by atoms with Crippen LogP contribution < -0.4 is 5.32 Å². The molecule has 0 spiro atoms. The average Bonchev–Trinajstić information content (AvgIpc) is 2.68. The Labute approximate surface area is 111 Å². The van der Waals surface area contributed by atoms with Gasteiger partial charge in [-0.3, -0.25) is 14.5 Å². The number of hydrogen-bond acceptors (Lipinski definition) is 3. The van der Waals surface area contributed by atoms with Gasteiger partial charge in [0.1, 0.15) is 0 Å². The van der Waals surface area contributed by atoms with E-state index in [1.807, 2.05) is 14.0 Å². The SMILES string of the molecule is CC(=O)Nc1ccncc1C#Cc1cnn(C)c1C.